The smallest absolute Gasteiger partial charge is 0.323 e. The zero-order valence-electron chi connectivity index (χ0n) is 12.9. The van der Waals surface area contributed by atoms with Gasteiger partial charge in [0.25, 0.3) is 0 Å². The van der Waals surface area contributed by atoms with Crippen LogP contribution in [0.25, 0.3) is 11.0 Å². The highest BCUT2D eigenvalue weighted by atomic mass is 16.1. The highest BCUT2D eigenvalue weighted by molar-refractivity contribution is 5.78. The van der Waals surface area contributed by atoms with Crippen LogP contribution in [0.15, 0.2) is 23.0 Å². The topological polar surface area (TPSA) is 60.7 Å². The van der Waals surface area contributed by atoms with Gasteiger partial charge in [-0.2, -0.15) is 0 Å². The molecule has 3 N–H and O–H groups in total. The second-order valence-corrected chi connectivity index (χ2v) is 7.83. The van der Waals surface area contributed by atoms with E-state index in [0.29, 0.717) is 16.9 Å². The molecule has 21 heavy (non-hydrogen) atoms. The lowest BCUT2D eigenvalue weighted by Gasteiger charge is -2.43. The maximum absolute atomic E-state index is 11.4. The van der Waals surface area contributed by atoms with Gasteiger partial charge < -0.3 is 15.3 Å². The molecule has 2 fully saturated rings. The molecule has 3 unspecified atom stereocenters. The predicted molar refractivity (Wildman–Crippen MR) is 85.6 cm³/mol. The largest absolute Gasteiger partial charge is 0.381 e. The Morgan fingerprint density at radius 3 is 2.67 bits per heavy atom. The molecule has 4 nitrogen and oxygen atoms in total. The number of nitrogens with one attached hydrogen (secondary N) is 3. The van der Waals surface area contributed by atoms with Crippen molar-refractivity contribution in [1.82, 2.24) is 9.97 Å². The second-order valence-electron chi connectivity index (χ2n) is 7.83. The highest BCUT2D eigenvalue weighted by Crippen LogP contribution is 2.63. The Morgan fingerprint density at radius 1 is 1.19 bits per heavy atom. The summed E-state index contributed by atoms with van der Waals surface area (Å²) in [5.41, 5.74) is 3.42. The van der Waals surface area contributed by atoms with Crippen LogP contribution >= 0.6 is 0 Å². The molecular formula is C17H23N3O. The molecular weight excluding hydrogens is 262 g/mol. The van der Waals surface area contributed by atoms with Gasteiger partial charge in [0.15, 0.2) is 0 Å². The minimum absolute atomic E-state index is 0.144. The number of hydrogen-bond acceptors (Lipinski definition) is 2. The van der Waals surface area contributed by atoms with Crippen molar-refractivity contribution in [2.45, 2.75) is 46.1 Å². The molecule has 112 valence electrons. The van der Waals surface area contributed by atoms with E-state index < -0.39 is 0 Å². The van der Waals surface area contributed by atoms with Gasteiger partial charge in [-0.25, -0.2) is 4.79 Å². The summed E-state index contributed by atoms with van der Waals surface area (Å²) < 4.78 is 0. The van der Waals surface area contributed by atoms with Gasteiger partial charge in [0, 0.05) is 11.7 Å². The van der Waals surface area contributed by atoms with E-state index in [0.717, 1.165) is 22.6 Å². The van der Waals surface area contributed by atoms with Gasteiger partial charge in [-0.1, -0.05) is 20.8 Å². The number of fused-ring (bicyclic) bond motifs is 3. The Hall–Kier alpha value is -1.71. The summed E-state index contributed by atoms with van der Waals surface area (Å²) in [6, 6.07) is 6.57. The summed E-state index contributed by atoms with van der Waals surface area (Å²) in [6.45, 7) is 7.23. The van der Waals surface area contributed by atoms with Gasteiger partial charge in [-0.05, 0) is 54.2 Å². The Morgan fingerprint density at radius 2 is 1.95 bits per heavy atom. The molecule has 0 saturated heterocycles. The van der Waals surface area contributed by atoms with Crippen LogP contribution in [0.1, 0.15) is 40.0 Å². The van der Waals surface area contributed by atoms with Crippen LogP contribution in [0.4, 0.5) is 5.69 Å². The molecule has 3 atom stereocenters. The molecule has 1 aromatic carbocycles. The molecule has 4 heteroatoms. The molecule has 0 aliphatic heterocycles. The van der Waals surface area contributed by atoms with Crippen molar-refractivity contribution in [3.05, 3.63) is 28.7 Å². The molecule has 2 aliphatic rings. The zero-order chi connectivity index (χ0) is 14.8. The number of rotatable bonds is 2. The number of H-pyrrole nitrogens is 2. The summed E-state index contributed by atoms with van der Waals surface area (Å²) in [6.07, 6.45) is 4.02. The van der Waals surface area contributed by atoms with E-state index in [9.17, 15) is 4.79 Å². The van der Waals surface area contributed by atoms with Crippen LogP contribution in [0.5, 0.6) is 0 Å². The highest BCUT2D eigenvalue weighted by Gasteiger charge is 2.59. The van der Waals surface area contributed by atoms with Crippen molar-refractivity contribution < 1.29 is 0 Å². The van der Waals surface area contributed by atoms with Gasteiger partial charge in [-0.3, -0.25) is 0 Å². The summed E-state index contributed by atoms with van der Waals surface area (Å²) >= 11 is 0. The summed E-state index contributed by atoms with van der Waals surface area (Å²) in [4.78, 5) is 17.0. The molecule has 2 aromatic rings. The number of benzene rings is 1. The summed E-state index contributed by atoms with van der Waals surface area (Å²) in [7, 11) is 0. The number of aromatic nitrogens is 2. The first-order valence-corrected chi connectivity index (χ1v) is 7.87. The maximum Gasteiger partial charge on any atom is 0.323 e. The third-order valence-electron chi connectivity index (χ3n) is 6.10. The molecule has 2 aliphatic carbocycles. The van der Waals surface area contributed by atoms with Crippen molar-refractivity contribution in [3.63, 3.8) is 0 Å². The monoisotopic (exact) mass is 285 g/mol. The first-order valence-electron chi connectivity index (χ1n) is 7.87. The number of aromatic amines is 2. The Kier molecular flexibility index (Phi) is 2.43. The van der Waals surface area contributed by atoms with Crippen LogP contribution in [0.3, 0.4) is 0 Å². The van der Waals surface area contributed by atoms with Crippen LogP contribution in [0, 0.1) is 16.7 Å². The lowest BCUT2D eigenvalue weighted by molar-refractivity contribution is 0.155. The number of hydrogen-bond donors (Lipinski definition) is 3. The third kappa shape index (κ3) is 1.78. The lowest BCUT2D eigenvalue weighted by atomic mass is 9.68. The van der Waals surface area contributed by atoms with Gasteiger partial charge in [0.1, 0.15) is 0 Å². The lowest BCUT2D eigenvalue weighted by Crippen LogP contribution is -2.45. The maximum atomic E-state index is 11.4. The van der Waals surface area contributed by atoms with Crippen LogP contribution in [0.2, 0.25) is 0 Å². The SMILES string of the molecule is CC12CCC(C1)C(C)(C)C2Nc1ccc2[nH]c(=O)[nH]c2c1. The van der Waals surface area contributed by atoms with Crippen LogP contribution < -0.4 is 11.0 Å². The first-order chi connectivity index (χ1) is 9.88. The molecule has 1 aromatic heterocycles. The Labute approximate surface area is 124 Å². The Bertz CT molecular complexity index is 752. The van der Waals surface area contributed by atoms with Crippen LogP contribution in [-0.2, 0) is 0 Å². The van der Waals surface area contributed by atoms with Gasteiger partial charge >= 0.3 is 5.69 Å². The van der Waals surface area contributed by atoms with Crippen molar-refractivity contribution >= 4 is 16.7 Å². The first kappa shape index (κ1) is 13.0. The number of anilines is 1. The van der Waals surface area contributed by atoms with E-state index >= 15 is 0 Å². The van der Waals surface area contributed by atoms with E-state index in [1.807, 2.05) is 12.1 Å². The minimum Gasteiger partial charge on any atom is -0.381 e. The van der Waals surface area contributed by atoms with Crippen molar-refractivity contribution in [2.24, 2.45) is 16.7 Å². The Balaban J connectivity index is 1.69. The second kappa shape index (κ2) is 3.93. The average molecular weight is 285 g/mol. The molecule has 2 bridgehead atoms. The molecule has 1 heterocycles. The van der Waals surface area contributed by atoms with E-state index in [2.05, 4.69) is 42.1 Å². The molecule has 0 radical (unpaired) electrons. The fraction of sp³-hybridized carbons (Fsp3) is 0.588. The van der Waals surface area contributed by atoms with Crippen molar-refractivity contribution in [2.75, 3.05) is 5.32 Å². The van der Waals surface area contributed by atoms with Gasteiger partial charge in [0.05, 0.1) is 11.0 Å². The van der Waals surface area contributed by atoms with E-state index in [1.54, 1.807) is 0 Å². The standard InChI is InChI=1S/C17H23N3O/c1-16(2)10-6-7-17(3,9-10)14(16)18-11-4-5-12-13(8-11)20-15(21)19-12/h4-5,8,10,14,18H,6-7,9H2,1-3H3,(H2,19,20,21). The third-order valence-corrected chi connectivity index (χ3v) is 6.10. The summed E-state index contributed by atoms with van der Waals surface area (Å²) in [5, 5.41) is 3.77. The van der Waals surface area contributed by atoms with E-state index in [-0.39, 0.29) is 5.69 Å². The zero-order valence-corrected chi connectivity index (χ0v) is 12.9. The fourth-order valence-corrected chi connectivity index (χ4v) is 4.95. The van der Waals surface area contributed by atoms with Crippen molar-refractivity contribution in [3.8, 4) is 0 Å². The van der Waals surface area contributed by atoms with Gasteiger partial charge in [-0.15, -0.1) is 0 Å². The predicted octanol–water partition coefficient (Wildman–Crippen LogP) is 3.48. The van der Waals surface area contributed by atoms with Crippen molar-refractivity contribution in [1.29, 1.82) is 0 Å². The van der Waals surface area contributed by atoms with E-state index in [1.165, 1.54) is 19.3 Å². The molecule has 0 spiro atoms. The fourth-order valence-electron chi connectivity index (χ4n) is 4.95. The molecule has 0 amide bonds. The normalized spacial score (nSPS) is 33.7. The average Bonchev–Trinajstić information content (AvgIpc) is 3.02. The minimum atomic E-state index is -0.144. The summed E-state index contributed by atoms with van der Waals surface area (Å²) in [5.74, 6) is 0.829. The quantitative estimate of drug-likeness (QED) is 0.791. The van der Waals surface area contributed by atoms with E-state index in [4.69, 9.17) is 0 Å². The number of imidazole rings is 1. The van der Waals surface area contributed by atoms with Crippen LogP contribution in [-0.4, -0.2) is 16.0 Å². The van der Waals surface area contributed by atoms with Gasteiger partial charge in [0.2, 0.25) is 0 Å². The molecule has 4 rings (SSSR count). The molecule has 2 saturated carbocycles.